The van der Waals surface area contributed by atoms with Crippen LogP contribution in [0.3, 0.4) is 0 Å². The molecular weight excluding hydrogens is 205 g/mol. The second-order valence-corrected chi connectivity index (χ2v) is 4.00. The topological polar surface area (TPSA) is 21.3 Å². The van der Waals surface area contributed by atoms with E-state index in [4.69, 9.17) is 4.74 Å². The molecule has 2 atom stereocenters. The average molecular weight is 225 g/mol. The molecule has 1 N–H and O–H groups in total. The van der Waals surface area contributed by atoms with Crippen molar-refractivity contribution in [2.24, 2.45) is 0 Å². The van der Waals surface area contributed by atoms with Crippen LogP contribution in [-0.2, 0) is 0 Å². The highest BCUT2D eigenvalue weighted by molar-refractivity contribution is 5.37. The van der Waals surface area contributed by atoms with Gasteiger partial charge in [0.25, 0.3) is 0 Å². The normalized spacial score (nSPS) is 14.6. The Balaban J connectivity index is 3.02. The summed E-state index contributed by atoms with van der Waals surface area (Å²) >= 11 is 0. The van der Waals surface area contributed by atoms with Gasteiger partial charge in [-0.1, -0.05) is 13.0 Å². The van der Waals surface area contributed by atoms with Gasteiger partial charge in [0.15, 0.2) is 0 Å². The highest BCUT2D eigenvalue weighted by Crippen LogP contribution is 2.28. The van der Waals surface area contributed by atoms with Crippen molar-refractivity contribution < 1.29 is 9.13 Å². The third-order valence-electron chi connectivity index (χ3n) is 2.78. The van der Waals surface area contributed by atoms with Crippen LogP contribution in [0.4, 0.5) is 4.39 Å². The van der Waals surface area contributed by atoms with Crippen LogP contribution in [0.1, 0.15) is 38.8 Å². The molecule has 0 aliphatic carbocycles. The Morgan fingerprint density at radius 2 is 2.06 bits per heavy atom. The van der Waals surface area contributed by atoms with Gasteiger partial charge in [-0.05, 0) is 39.4 Å². The van der Waals surface area contributed by atoms with E-state index in [1.165, 1.54) is 6.07 Å². The Bertz CT molecular complexity index is 341. The second kappa shape index (κ2) is 5.85. The molecule has 0 aliphatic rings. The van der Waals surface area contributed by atoms with Crippen LogP contribution in [0, 0.1) is 5.82 Å². The van der Waals surface area contributed by atoms with Crippen molar-refractivity contribution in [3.8, 4) is 5.75 Å². The Hall–Kier alpha value is -1.09. The van der Waals surface area contributed by atoms with Gasteiger partial charge in [-0.2, -0.15) is 0 Å². The number of hydrogen-bond acceptors (Lipinski definition) is 2. The van der Waals surface area contributed by atoms with Gasteiger partial charge in [0, 0.05) is 11.6 Å². The lowest BCUT2D eigenvalue weighted by atomic mass is 10.1. The van der Waals surface area contributed by atoms with E-state index in [-0.39, 0.29) is 18.0 Å². The molecule has 0 amide bonds. The van der Waals surface area contributed by atoms with E-state index in [9.17, 15) is 4.39 Å². The van der Waals surface area contributed by atoms with E-state index < -0.39 is 0 Å². The lowest BCUT2D eigenvalue weighted by Gasteiger charge is -2.20. The van der Waals surface area contributed by atoms with Gasteiger partial charge in [0.1, 0.15) is 11.6 Å². The predicted octanol–water partition coefficient (Wildman–Crippen LogP) is 3.28. The molecule has 0 bridgehead atoms. The van der Waals surface area contributed by atoms with E-state index in [1.54, 1.807) is 6.07 Å². The zero-order valence-electron chi connectivity index (χ0n) is 10.4. The van der Waals surface area contributed by atoms with Gasteiger partial charge in [0.05, 0.1) is 6.10 Å². The highest BCUT2D eigenvalue weighted by Gasteiger charge is 2.16. The van der Waals surface area contributed by atoms with Gasteiger partial charge in [-0.15, -0.1) is 0 Å². The first-order valence-electron chi connectivity index (χ1n) is 5.72. The first-order chi connectivity index (χ1) is 7.60. The van der Waals surface area contributed by atoms with Crippen LogP contribution >= 0.6 is 0 Å². The molecule has 0 saturated carbocycles. The van der Waals surface area contributed by atoms with Crippen molar-refractivity contribution in [3.05, 3.63) is 29.6 Å². The zero-order valence-corrected chi connectivity index (χ0v) is 10.4. The molecule has 2 nitrogen and oxygen atoms in total. The summed E-state index contributed by atoms with van der Waals surface area (Å²) in [6.45, 7) is 5.95. The van der Waals surface area contributed by atoms with E-state index in [1.807, 2.05) is 33.9 Å². The van der Waals surface area contributed by atoms with Crippen LogP contribution in [0.25, 0.3) is 0 Å². The van der Waals surface area contributed by atoms with Crippen molar-refractivity contribution >= 4 is 0 Å². The van der Waals surface area contributed by atoms with E-state index >= 15 is 0 Å². The molecule has 0 fully saturated rings. The monoisotopic (exact) mass is 225 g/mol. The first-order valence-corrected chi connectivity index (χ1v) is 5.72. The minimum absolute atomic E-state index is 0.0553. The van der Waals surface area contributed by atoms with Crippen LogP contribution in [0.15, 0.2) is 18.2 Å². The summed E-state index contributed by atoms with van der Waals surface area (Å²) in [5, 5.41) is 3.03. The summed E-state index contributed by atoms with van der Waals surface area (Å²) in [4.78, 5) is 0. The predicted molar refractivity (Wildman–Crippen MR) is 64.3 cm³/mol. The van der Waals surface area contributed by atoms with Crippen molar-refractivity contribution in [1.29, 1.82) is 0 Å². The Kier molecular flexibility index (Phi) is 4.74. The van der Waals surface area contributed by atoms with Crippen molar-refractivity contribution in [1.82, 2.24) is 5.32 Å². The quantitative estimate of drug-likeness (QED) is 0.830. The summed E-state index contributed by atoms with van der Waals surface area (Å²) < 4.78 is 19.4. The molecule has 90 valence electrons. The lowest BCUT2D eigenvalue weighted by Crippen LogP contribution is -2.18. The van der Waals surface area contributed by atoms with Crippen LogP contribution in [0.5, 0.6) is 5.75 Å². The molecule has 0 aliphatic heterocycles. The number of halogens is 1. The van der Waals surface area contributed by atoms with Gasteiger partial charge in [-0.3, -0.25) is 0 Å². The number of benzene rings is 1. The number of rotatable bonds is 5. The van der Waals surface area contributed by atoms with Gasteiger partial charge >= 0.3 is 0 Å². The van der Waals surface area contributed by atoms with E-state index in [0.29, 0.717) is 11.3 Å². The molecule has 0 radical (unpaired) electrons. The van der Waals surface area contributed by atoms with Crippen LogP contribution in [0.2, 0.25) is 0 Å². The molecule has 3 heteroatoms. The third-order valence-corrected chi connectivity index (χ3v) is 2.78. The average Bonchev–Trinajstić information content (AvgIpc) is 2.28. The highest BCUT2D eigenvalue weighted by atomic mass is 19.1. The molecule has 1 aromatic rings. The van der Waals surface area contributed by atoms with Crippen LogP contribution in [-0.4, -0.2) is 13.2 Å². The molecule has 0 spiro atoms. The fourth-order valence-corrected chi connectivity index (χ4v) is 1.48. The maximum atomic E-state index is 13.7. The minimum atomic E-state index is -0.220. The molecule has 16 heavy (non-hydrogen) atoms. The number of ether oxygens (including phenoxy) is 1. The van der Waals surface area contributed by atoms with E-state index in [0.717, 1.165) is 6.42 Å². The number of hydrogen-bond donors (Lipinski definition) is 1. The second-order valence-electron chi connectivity index (χ2n) is 4.00. The molecule has 0 heterocycles. The molecule has 1 aromatic carbocycles. The summed E-state index contributed by atoms with van der Waals surface area (Å²) in [6, 6.07) is 4.91. The first kappa shape index (κ1) is 13.0. The Morgan fingerprint density at radius 1 is 1.38 bits per heavy atom. The van der Waals surface area contributed by atoms with Gasteiger partial charge < -0.3 is 10.1 Å². The summed E-state index contributed by atoms with van der Waals surface area (Å²) in [6.07, 6.45) is 1.01. The van der Waals surface area contributed by atoms with Gasteiger partial charge in [0.2, 0.25) is 0 Å². The summed E-state index contributed by atoms with van der Waals surface area (Å²) in [5.41, 5.74) is 0.602. The largest absolute Gasteiger partial charge is 0.490 e. The minimum Gasteiger partial charge on any atom is -0.490 e. The van der Waals surface area contributed by atoms with Crippen molar-refractivity contribution in [2.45, 2.75) is 39.3 Å². The molecule has 0 aromatic heterocycles. The smallest absolute Gasteiger partial charge is 0.131 e. The molecular formula is C13H20FNO. The SMILES string of the molecule is CCC(C)Oc1cccc(F)c1C(C)NC. The third kappa shape index (κ3) is 2.95. The molecule has 2 unspecified atom stereocenters. The van der Waals surface area contributed by atoms with Crippen molar-refractivity contribution in [2.75, 3.05) is 7.05 Å². The van der Waals surface area contributed by atoms with Crippen LogP contribution < -0.4 is 10.1 Å². The lowest BCUT2D eigenvalue weighted by molar-refractivity contribution is 0.212. The summed E-state index contributed by atoms with van der Waals surface area (Å²) in [7, 11) is 1.81. The maximum Gasteiger partial charge on any atom is 0.131 e. The Labute approximate surface area is 96.8 Å². The van der Waals surface area contributed by atoms with Crippen molar-refractivity contribution in [3.63, 3.8) is 0 Å². The standard InChI is InChI=1S/C13H20FNO/c1-5-9(2)16-12-8-6-7-11(14)13(12)10(3)15-4/h6-10,15H,5H2,1-4H3. The fraction of sp³-hybridized carbons (Fsp3) is 0.538. The maximum absolute atomic E-state index is 13.7. The van der Waals surface area contributed by atoms with Gasteiger partial charge in [-0.25, -0.2) is 4.39 Å². The summed E-state index contributed by atoms with van der Waals surface area (Å²) in [5.74, 6) is 0.416. The number of nitrogens with one attached hydrogen (secondary N) is 1. The van der Waals surface area contributed by atoms with E-state index in [2.05, 4.69) is 5.32 Å². The Morgan fingerprint density at radius 3 is 2.62 bits per heavy atom. The fourth-order valence-electron chi connectivity index (χ4n) is 1.48. The zero-order chi connectivity index (χ0) is 12.1. The molecule has 0 saturated heterocycles. The molecule has 1 rings (SSSR count).